The molecule has 1 aliphatic rings. The first-order valence-corrected chi connectivity index (χ1v) is 8.70. The fraction of sp³-hybridized carbons (Fsp3) is 0.400. The van der Waals surface area contributed by atoms with Crippen molar-refractivity contribution in [2.45, 2.75) is 39.2 Å². The quantitative estimate of drug-likeness (QED) is 0.837. The minimum atomic E-state index is -0.0183. The number of nitrogens with zero attached hydrogens (tertiary/aromatic N) is 3. The molecule has 1 aliphatic heterocycles. The van der Waals surface area contributed by atoms with Gasteiger partial charge in [-0.2, -0.15) is 0 Å². The molecule has 126 valence electrons. The van der Waals surface area contributed by atoms with Gasteiger partial charge in [-0.25, -0.2) is 4.98 Å². The lowest BCUT2D eigenvalue weighted by Crippen LogP contribution is -2.36. The van der Waals surface area contributed by atoms with Gasteiger partial charge in [-0.15, -0.1) is 0 Å². The Hall–Kier alpha value is -2.36. The highest BCUT2D eigenvalue weighted by molar-refractivity contribution is 6.06. The number of carbonyl (C=O) groups excluding carboxylic acids is 1. The first-order chi connectivity index (χ1) is 11.6. The van der Waals surface area contributed by atoms with Crippen molar-refractivity contribution in [3.05, 3.63) is 53.9 Å². The number of para-hydroxylation sites is 1. The normalized spacial score (nSPS) is 16.1. The van der Waals surface area contributed by atoms with Crippen LogP contribution < -0.4 is 9.80 Å². The third-order valence-electron chi connectivity index (χ3n) is 4.68. The molecule has 1 atom stereocenters. The number of unbranched alkanes of at least 4 members (excludes halogenated alkanes) is 1. The van der Waals surface area contributed by atoms with Crippen LogP contribution in [0.5, 0.6) is 0 Å². The summed E-state index contributed by atoms with van der Waals surface area (Å²) in [4.78, 5) is 21.4. The molecule has 4 heteroatoms. The molecule has 2 heterocycles. The molecule has 2 aromatic rings. The van der Waals surface area contributed by atoms with E-state index in [-0.39, 0.29) is 11.9 Å². The van der Waals surface area contributed by atoms with E-state index in [9.17, 15) is 4.79 Å². The number of aromatic nitrogens is 1. The monoisotopic (exact) mass is 323 g/mol. The molecule has 1 aromatic heterocycles. The number of benzene rings is 1. The number of amides is 1. The van der Waals surface area contributed by atoms with E-state index in [2.05, 4.69) is 36.8 Å². The first kappa shape index (κ1) is 16.5. The van der Waals surface area contributed by atoms with Gasteiger partial charge in [0.15, 0.2) is 0 Å². The van der Waals surface area contributed by atoms with Gasteiger partial charge >= 0.3 is 0 Å². The van der Waals surface area contributed by atoms with Crippen LogP contribution in [0.15, 0.2) is 42.6 Å². The van der Waals surface area contributed by atoms with Gasteiger partial charge in [-0.05, 0) is 43.5 Å². The van der Waals surface area contributed by atoms with E-state index in [0.717, 1.165) is 30.8 Å². The number of hydrogen-bond acceptors (Lipinski definition) is 3. The molecule has 1 amide bonds. The van der Waals surface area contributed by atoms with Gasteiger partial charge < -0.3 is 9.80 Å². The fourth-order valence-corrected chi connectivity index (χ4v) is 3.26. The van der Waals surface area contributed by atoms with Gasteiger partial charge in [-0.3, -0.25) is 4.79 Å². The first-order valence-electron chi connectivity index (χ1n) is 8.70. The van der Waals surface area contributed by atoms with Crippen LogP contribution in [0.2, 0.25) is 0 Å². The number of carbonyl (C=O) groups is 1. The summed E-state index contributed by atoms with van der Waals surface area (Å²) in [6, 6.07) is 12.1. The molecular weight excluding hydrogens is 298 g/mol. The Balaban J connectivity index is 1.78. The summed E-state index contributed by atoms with van der Waals surface area (Å²) in [5.41, 5.74) is 3.80. The third-order valence-corrected chi connectivity index (χ3v) is 4.68. The Labute approximate surface area is 144 Å². The second-order valence-corrected chi connectivity index (χ2v) is 6.53. The van der Waals surface area contributed by atoms with Gasteiger partial charge in [0, 0.05) is 25.3 Å². The molecular formula is C20H25N3O. The highest BCUT2D eigenvalue weighted by Gasteiger charge is 2.31. The van der Waals surface area contributed by atoms with Crippen LogP contribution in [-0.4, -0.2) is 30.5 Å². The maximum absolute atomic E-state index is 12.9. The second-order valence-electron chi connectivity index (χ2n) is 6.53. The smallest absolute Gasteiger partial charge is 0.277 e. The zero-order valence-corrected chi connectivity index (χ0v) is 14.7. The average molecular weight is 323 g/mol. The average Bonchev–Trinajstić information content (AvgIpc) is 2.95. The predicted octanol–water partition coefficient (Wildman–Crippen LogP) is 3.91. The van der Waals surface area contributed by atoms with E-state index >= 15 is 0 Å². The summed E-state index contributed by atoms with van der Waals surface area (Å²) in [6.07, 6.45) is 5.02. The van der Waals surface area contributed by atoms with E-state index in [1.807, 2.05) is 35.2 Å². The molecule has 0 bridgehead atoms. The second kappa shape index (κ2) is 7.04. The highest BCUT2D eigenvalue weighted by Crippen LogP contribution is 2.32. The zero-order chi connectivity index (χ0) is 17.1. The van der Waals surface area contributed by atoms with Crippen molar-refractivity contribution < 1.29 is 4.79 Å². The van der Waals surface area contributed by atoms with E-state index < -0.39 is 0 Å². The van der Waals surface area contributed by atoms with E-state index in [1.165, 1.54) is 12.0 Å². The van der Waals surface area contributed by atoms with Gasteiger partial charge in [0.05, 0.1) is 11.9 Å². The van der Waals surface area contributed by atoms with Crippen LogP contribution in [0.3, 0.4) is 0 Å². The van der Waals surface area contributed by atoms with Crippen LogP contribution in [0, 0.1) is 0 Å². The van der Waals surface area contributed by atoms with Crippen LogP contribution in [-0.2, 0) is 6.42 Å². The topological polar surface area (TPSA) is 36.4 Å². The SMILES string of the molecule is CCCCN(C)c1ccc(C(=O)N2c3ccccc3CC2C)nc1. The summed E-state index contributed by atoms with van der Waals surface area (Å²) >= 11 is 0. The predicted molar refractivity (Wildman–Crippen MR) is 98.8 cm³/mol. The molecule has 1 aromatic carbocycles. The summed E-state index contributed by atoms with van der Waals surface area (Å²) < 4.78 is 0. The van der Waals surface area contributed by atoms with Crippen molar-refractivity contribution in [2.24, 2.45) is 0 Å². The van der Waals surface area contributed by atoms with E-state index in [4.69, 9.17) is 0 Å². The van der Waals surface area contributed by atoms with Crippen molar-refractivity contribution in [2.75, 3.05) is 23.4 Å². The van der Waals surface area contributed by atoms with Crippen molar-refractivity contribution in [1.29, 1.82) is 0 Å². The lowest BCUT2D eigenvalue weighted by Gasteiger charge is -2.23. The van der Waals surface area contributed by atoms with Gasteiger partial charge in [0.1, 0.15) is 5.69 Å². The number of fused-ring (bicyclic) bond motifs is 1. The third kappa shape index (κ3) is 3.14. The molecule has 0 saturated carbocycles. The highest BCUT2D eigenvalue weighted by atomic mass is 16.2. The summed E-state index contributed by atoms with van der Waals surface area (Å²) in [7, 11) is 2.06. The molecule has 0 N–H and O–H groups in total. The van der Waals surface area contributed by atoms with Crippen LogP contribution in [0.25, 0.3) is 0 Å². The molecule has 24 heavy (non-hydrogen) atoms. The van der Waals surface area contributed by atoms with Crippen molar-refractivity contribution in [3.8, 4) is 0 Å². The summed E-state index contributed by atoms with van der Waals surface area (Å²) in [6.45, 7) is 5.27. The largest absolute Gasteiger partial charge is 0.373 e. The Morgan fingerprint density at radius 3 is 2.79 bits per heavy atom. The van der Waals surface area contributed by atoms with Crippen LogP contribution in [0.1, 0.15) is 42.7 Å². The molecule has 0 spiro atoms. The van der Waals surface area contributed by atoms with Gasteiger partial charge in [0.25, 0.3) is 5.91 Å². The number of hydrogen-bond donors (Lipinski definition) is 0. The lowest BCUT2D eigenvalue weighted by molar-refractivity contribution is 0.0976. The zero-order valence-electron chi connectivity index (χ0n) is 14.7. The molecule has 0 aliphatic carbocycles. The molecule has 4 nitrogen and oxygen atoms in total. The van der Waals surface area contributed by atoms with Crippen LogP contribution in [0.4, 0.5) is 11.4 Å². The Morgan fingerprint density at radius 2 is 2.08 bits per heavy atom. The lowest BCUT2D eigenvalue weighted by atomic mass is 10.1. The van der Waals surface area contributed by atoms with Gasteiger partial charge in [-0.1, -0.05) is 31.5 Å². The van der Waals surface area contributed by atoms with Crippen molar-refractivity contribution >= 4 is 17.3 Å². The van der Waals surface area contributed by atoms with E-state index in [0.29, 0.717) is 5.69 Å². The van der Waals surface area contributed by atoms with E-state index in [1.54, 1.807) is 6.20 Å². The molecule has 0 saturated heterocycles. The minimum Gasteiger partial charge on any atom is -0.373 e. The minimum absolute atomic E-state index is 0.0183. The number of anilines is 2. The maximum atomic E-state index is 12.9. The Kier molecular flexibility index (Phi) is 4.84. The fourth-order valence-electron chi connectivity index (χ4n) is 3.26. The number of rotatable bonds is 5. The standard InChI is InChI=1S/C20H25N3O/c1-4-5-12-22(3)17-10-11-18(21-14-17)20(24)23-15(2)13-16-8-6-7-9-19(16)23/h6-11,14-15H,4-5,12-13H2,1-3H3. The molecule has 0 radical (unpaired) electrons. The van der Waals surface area contributed by atoms with Crippen molar-refractivity contribution in [1.82, 2.24) is 4.98 Å². The summed E-state index contributed by atoms with van der Waals surface area (Å²) in [5, 5.41) is 0. The summed E-state index contributed by atoms with van der Waals surface area (Å²) in [5.74, 6) is -0.0183. The maximum Gasteiger partial charge on any atom is 0.277 e. The molecule has 3 rings (SSSR count). The number of pyridine rings is 1. The van der Waals surface area contributed by atoms with Crippen molar-refractivity contribution in [3.63, 3.8) is 0 Å². The van der Waals surface area contributed by atoms with Gasteiger partial charge in [0.2, 0.25) is 0 Å². The molecule has 1 unspecified atom stereocenters. The Bertz CT molecular complexity index is 711. The molecule has 0 fully saturated rings. The Morgan fingerprint density at radius 1 is 1.29 bits per heavy atom. The van der Waals surface area contributed by atoms with Crippen LogP contribution >= 0.6 is 0 Å².